The largest absolute Gasteiger partial charge is 0.369 e. The predicted octanol–water partition coefficient (Wildman–Crippen LogP) is 0.797. The van der Waals surface area contributed by atoms with Gasteiger partial charge in [-0.05, 0) is 39.5 Å². The van der Waals surface area contributed by atoms with Gasteiger partial charge in [0.15, 0.2) is 0 Å². The second-order valence-electron chi connectivity index (χ2n) is 4.80. The van der Waals surface area contributed by atoms with Gasteiger partial charge in [-0.25, -0.2) is 0 Å². The maximum absolute atomic E-state index is 11.8. The minimum Gasteiger partial charge on any atom is -0.369 e. The summed E-state index contributed by atoms with van der Waals surface area (Å²) in [6.45, 7) is 3.55. The molecule has 1 rings (SSSR count). The average molecular weight is 214 g/mol. The zero-order chi connectivity index (χ0) is 11.5. The van der Waals surface area contributed by atoms with E-state index in [0.29, 0.717) is 6.04 Å². The first-order chi connectivity index (χ1) is 6.95. The van der Waals surface area contributed by atoms with Gasteiger partial charge in [0.1, 0.15) is 5.60 Å². The fraction of sp³-hybridized carbons (Fsp3) is 0.909. The molecular formula is C11H22N2O2. The Morgan fingerprint density at radius 2 is 1.87 bits per heavy atom. The average Bonchev–Trinajstić information content (AvgIpc) is 2.21. The minimum atomic E-state index is -0.737. The van der Waals surface area contributed by atoms with Crippen LogP contribution in [0.25, 0.3) is 0 Å². The fourth-order valence-corrected chi connectivity index (χ4v) is 1.72. The van der Waals surface area contributed by atoms with Crippen molar-refractivity contribution in [3.05, 3.63) is 0 Å². The summed E-state index contributed by atoms with van der Waals surface area (Å²) in [4.78, 5) is 11.8. The smallest absolute Gasteiger partial charge is 0.251 e. The molecule has 1 fully saturated rings. The van der Waals surface area contributed by atoms with Crippen LogP contribution in [0.3, 0.4) is 0 Å². The van der Waals surface area contributed by atoms with Crippen molar-refractivity contribution >= 4 is 5.91 Å². The summed E-state index contributed by atoms with van der Waals surface area (Å²) in [5.74, 6) is -0.0366. The summed E-state index contributed by atoms with van der Waals surface area (Å²) in [5.41, 5.74) is 5.07. The Morgan fingerprint density at radius 3 is 2.33 bits per heavy atom. The normalized spacial score (nSPS) is 27.5. The highest BCUT2D eigenvalue weighted by molar-refractivity contribution is 5.84. The van der Waals surface area contributed by atoms with Gasteiger partial charge in [-0.15, -0.1) is 0 Å². The number of nitrogens with two attached hydrogens (primary N) is 1. The highest BCUT2D eigenvalue weighted by Crippen LogP contribution is 2.18. The van der Waals surface area contributed by atoms with Gasteiger partial charge in [-0.1, -0.05) is 0 Å². The Labute approximate surface area is 91.5 Å². The van der Waals surface area contributed by atoms with Crippen LogP contribution in [-0.2, 0) is 9.53 Å². The van der Waals surface area contributed by atoms with Crippen molar-refractivity contribution in [2.24, 2.45) is 5.73 Å². The highest BCUT2D eigenvalue weighted by Gasteiger charge is 2.29. The van der Waals surface area contributed by atoms with E-state index >= 15 is 0 Å². The molecule has 88 valence electrons. The number of ether oxygens (including phenoxy) is 1. The number of carbonyl (C=O) groups is 1. The molecule has 0 spiro atoms. The van der Waals surface area contributed by atoms with Crippen LogP contribution in [0.4, 0.5) is 0 Å². The number of rotatable bonds is 3. The van der Waals surface area contributed by atoms with Crippen LogP contribution in [-0.4, -0.2) is 30.7 Å². The summed E-state index contributed by atoms with van der Waals surface area (Å²) in [7, 11) is 1.55. The second-order valence-corrected chi connectivity index (χ2v) is 4.80. The molecule has 0 bridgehead atoms. The van der Waals surface area contributed by atoms with Gasteiger partial charge in [0.25, 0.3) is 5.91 Å². The first-order valence-corrected chi connectivity index (χ1v) is 5.57. The molecule has 4 heteroatoms. The van der Waals surface area contributed by atoms with Gasteiger partial charge in [-0.2, -0.15) is 0 Å². The van der Waals surface area contributed by atoms with E-state index in [0.717, 1.165) is 25.7 Å². The fourth-order valence-electron chi connectivity index (χ4n) is 1.72. The van der Waals surface area contributed by atoms with Crippen LogP contribution in [0, 0.1) is 0 Å². The van der Waals surface area contributed by atoms with Crippen LogP contribution in [0.15, 0.2) is 0 Å². The molecule has 0 aromatic heterocycles. The van der Waals surface area contributed by atoms with E-state index in [1.54, 1.807) is 21.0 Å². The van der Waals surface area contributed by atoms with E-state index in [-0.39, 0.29) is 11.9 Å². The van der Waals surface area contributed by atoms with Gasteiger partial charge in [0.2, 0.25) is 0 Å². The third-order valence-corrected chi connectivity index (χ3v) is 3.16. The van der Waals surface area contributed by atoms with Crippen LogP contribution in [0.1, 0.15) is 39.5 Å². The molecule has 0 aromatic carbocycles. The lowest BCUT2D eigenvalue weighted by molar-refractivity contribution is -0.140. The number of hydrogen-bond acceptors (Lipinski definition) is 3. The highest BCUT2D eigenvalue weighted by atomic mass is 16.5. The van der Waals surface area contributed by atoms with Crippen LogP contribution < -0.4 is 11.1 Å². The van der Waals surface area contributed by atoms with Crippen molar-refractivity contribution < 1.29 is 9.53 Å². The lowest BCUT2D eigenvalue weighted by Gasteiger charge is -2.30. The van der Waals surface area contributed by atoms with E-state index in [2.05, 4.69) is 5.32 Å². The zero-order valence-electron chi connectivity index (χ0n) is 9.88. The number of methoxy groups -OCH3 is 1. The summed E-state index contributed by atoms with van der Waals surface area (Å²) in [5, 5.41) is 3.01. The molecule has 1 aliphatic rings. The van der Waals surface area contributed by atoms with E-state index < -0.39 is 5.60 Å². The molecule has 0 saturated heterocycles. The van der Waals surface area contributed by atoms with Gasteiger partial charge in [-0.3, -0.25) is 4.79 Å². The molecule has 0 atom stereocenters. The Bertz CT molecular complexity index is 221. The molecule has 15 heavy (non-hydrogen) atoms. The third-order valence-electron chi connectivity index (χ3n) is 3.16. The van der Waals surface area contributed by atoms with Crippen molar-refractivity contribution in [3.8, 4) is 0 Å². The first kappa shape index (κ1) is 12.5. The first-order valence-electron chi connectivity index (χ1n) is 5.57. The van der Waals surface area contributed by atoms with Gasteiger partial charge >= 0.3 is 0 Å². The number of hydrogen-bond donors (Lipinski definition) is 2. The Kier molecular flexibility index (Phi) is 4.11. The van der Waals surface area contributed by atoms with E-state index in [9.17, 15) is 4.79 Å². The monoisotopic (exact) mass is 214 g/mol. The van der Waals surface area contributed by atoms with Crippen LogP contribution in [0.5, 0.6) is 0 Å². The maximum atomic E-state index is 11.8. The summed E-state index contributed by atoms with van der Waals surface area (Å²) in [6.07, 6.45) is 3.95. The molecule has 0 aromatic rings. The molecule has 4 nitrogen and oxygen atoms in total. The predicted molar refractivity (Wildman–Crippen MR) is 59.5 cm³/mol. The van der Waals surface area contributed by atoms with Crippen molar-refractivity contribution in [2.45, 2.75) is 57.2 Å². The van der Waals surface area contributed by atoms with Crippen molar-refractivity contribution in [1.29, 1.82) is 0 Å². The SMILES string of the molecule is COC(C)(C)C(=O)NC1CCC(N)CC1. The summed E-state index contributed by atoms with van der Waals surface area (Å²) in [6, 6.07) is 0.584. The quantitative estimate of drug-likeness (QED) is 0.730. The third kappa shape index (κ3) is 3.47. The molecule has 1 amide bonds. The molecule has 0 unspecified atom stereocenters. The molecule has 0 radical (unpaired) electrons. The Morgan fingerprint density at radius 1 is 1.33 bits per heavy atom. The number of carbonyl (C=O) groups excluding carboxylic acids is 1. The molecule has 1 aliphatic carbocycles. The Hall–Kier alpha value is -0.610. The van der Waals surface area contributed by atoms with Gasteiger partial charge < -0.3 is 15.8 Å². The molecular weight excluding hydrogens is 192 g/mol. The molecule has 0 aliphatic heterocycles. The van der Waals surface area contributed by atoms with Crippen molar-refractivity contribution in [1.82, 2.24) is 5.32 Å². The summed E-state index contributed by atoms with van der Waals surface area (Å²) < 4.78 is 5.13. The second kappa shape index (κ2) is 4.94. The van der Waals surface area contributed by atoms with Crippen LogP contribution >= 0.6 is 0 Å². The lowest BCUT2D eigenvalue weighted by Crippen LogP contribution is -2.49. The topological polar surface area (TPSA) is 64.3 Å². The van der Waals surface area contributed by atoms with Crippen LogP contribution in [0.2, 0.25) is 0 Å². The van der Waals surface area contributed by atoms with Gasteiger partial charge in [0.05, 0.1) is 0 Å². The summed E-state index contributed by atoms with van der Waals surface area (Å²) >= 11 is 0. The maximum Gasteiger partial charge on any atom is 0.251 e. The standard InChI is InChI=1S/C11H22N2O2/c1-11(2,15-3)10(14)13-9-6-4-8(12)5-7-9/h8-9H,4-7,12H2,1-3H3,(H,13,14). The molecule has 0 heterocycles. The molecule has 3 N–H and O–H groups in total. The minimum absolute atomic E-state index is 0.0366. The number of nitrogens with one attached hydrogen (secondary N) is 1. The van der Waals surface area contributed by atoms with Crippen molar-refractivity contribution in [2.75, 3.05) is 7.11 Å². The van der Waals surface area contributed by atoms with Gasteiger partial charge in [0, 0.05) is 19.2 Å². The van der Waals surface area contributed by atoms with E-state index in [4.69, 9.17) is 10.5 Å². The zero-order valence-corrected chi connectivity index (χ0v) is 9.88. The van der Waals surface area contributed by atoms with E-state index in [1.165, 1.54) is 0 Å². The number of amides is 1. The molecule has 1 saturated carbocycles. The van der Waals surface area contributed by atoms with E-state index in [1.807, 2.05) is 0 Å². The lowest BCUT2D eigenvalue weighted by atomic mass is 9.91. The Balaban J connectivity index is 2.39. The van der Waals surface area contributed by atoms with Crippen molar-refractivity contribution in [3.63, 3.8) is 0 Å².